The lowest BCUT2D eigenvalue weighted by molar-refractivity contribution is -0.134. The fourth-order valence-corrected chi connectivity index (χ4v) is 6.14. The number of rotatable bonds is 7. The second-order valence-electron chi connectivity index (χ2n) is 9.70. The Morgan fingerprint density at radius 2 is 1.98 bits per heavy atom. The van der Waals surface area contributed by atoms with Crippen molar-refractivity contribution in [2.45, 2.75) is 37.3 Å². The van der Waals surface area contributed by atoms with Gasteiger partial charge in [-0.25, -0.2) is 19.5 Å². The Kier molecular flexibility index (Phi) is 6.84. The number of carbonyl (C=O) groups is 4. The predicted octanol–water partition coefficient (Wildman–Crippen LogP) is 3.42. The van der Waals surface area contributed by atoms with E-state index in [1.165, 1.54) is 18.1 Å². The van der Waals surface area contributed by atoms with Gasteiger partial charge in [-0.2, -0.15) is 0 Å². The van der Waals surface area contributed by atoms with Gasteiger partial charge < -0.3 is 24.8 Å². The van der Waals surface area contributed by atoms with Crippen LogP contribution in [0.3, 0.4) is 0 Å². The Balaban J connectivity index is 1.29. The summed E-state index contributed by atoms with van der Waals surface area (Å²) in [7, 11) is 1.24. The summed E-state index contributed by atoms with van der Waals surface area (Å²) in [6, 6.07) is 10.3. The van der Waals surface area contributed by atoms with E-state index in [9.17, 15) is 19.2 Å². The molecule has 2 N–H and O–H groups in total. The molecule has 0 saturated carbocycles. The van der Waals surface area contributed by atoms with Gasteiger partial charge in [0.05, 0.1) is 7.11 Å². The number of esters is 1. The van der Waals surface area contributed by atoms with Crippen LogP contribution in [-0.4, -0.2) is 60.1 Å². The number of imide groups is 1. The SMILES string of the molecule is COC(=O)c1csc(NC(=O)C(CC2CCc3ccccc32)N2C(=O)NC(c3ccc4c(c3)OCCO4)C2=O)n1. The number of thiazole rings is 1. The molecule has 11 nitrogen and oxygen atoms in total. The van der Waals surface area contributed by atoms with Gasteiger partial charge in [0.25, 0.3) is 5.91 Å². The van der Waals surface area contributed by atoms with Crippen LogP contribution in [0.4, 0.5) is 9.93 Å². The molecule has 0 bridgehead atoms. The molecule has 3 heterocycles. The Labute approximate surface area is 233 Å². The van der Waals surface area contributed by atoms with Gasteiger partial charge in [-0.1, -0.05) is 30.3 Å². The maximum Gasteiger partial charge on any atom is 0.357 e. The molecule has 1 aromatic heterocycles. The molecule has 3 unspecified atom stereocenters. The normalized spacial score (nSPS) is 20.1. The van der Waals surface area contributed by atoms with Crippen molar-refractivity contribution in [1.82, 2.24) is 15.2 Å². The number of carbonyl (C=O) groups excluding carboxylic acids is 4. The van der Waals surface area contributed by atoms with Crippen molar-refractivity contribution in [1.29, 1.82) is 0 Å². The summed E-state index contributed by atoms with van der Waals surface area (Å²) in [6.45, 7) is 0.813. The molecule has 0 radical (unpaired) electrons. The standard InChI is InChI=1S/C28H26N4O7S/c1-37-26(35)19-14-40-27(29-19)31-24(33)20(12-16-7-6-15-4-2-3-5-18(15)16)32-25(34)23(30-28(32)36)17-8-9-21-22(13-17)39-11-10-38-21/h2-5,8-9,13-14,16,20,23H,6-7,10-12H2,1H3,(H,30,36)(H,29,31,33). The van der Waals surface area contributed by atoms with Crippen molar-refractivity contribution in [3.8, 4) is 11.5 Å². The van der Waals surface area contributed by atoms with Crippen molar-refractivity contribution in [3.05, 3.63) is 70.2 Å². The van der Waals surface area contributed by atoms with E-state index in [-0.39, 0.29) is 23.2 Å². The first-order chi connectivity index (χ1) is 19.4. The number of aromatic nitrogens is 1. The maximum absolute atomic E-state index is 13.8. The fraction of sp³-hybridized carbons (Fsp3) is 0.321. The topological polar surface area (TPSA) is 136 Å². The number of hydrogen-bond donors (Lipinski definition) is 2. The van der Waals surface area contributed by atoms with Gasteiger partial charge in [-0.3, -0.25) is 9.59 Å². The van der Waals surface area contributed by atoms with E-state index in [4.69, 9.17) is 14.2 Å². The number of anilines is 1. The molecule has 2 aromatic carbocycles. The number of nitrogens with one attached hydrogen (secondary N) is 2. The average Bonchev–Trinajstić information content (AvgIpc) is 3.68. The summed E-state index contributed by atoms with van der Waals surface area (Å²) < 4.78 is 15.9. The van der Waals surface area contributed by atoms with Crippen LogP contribution in [0.25, 0.3) is 0 Å². The molecule has 4 amide bonds. The van der Waals surface area contributed by atoms with Crippen molar-refractivity contribution >= 4 is 40.3 Å². The number of methoxy groups -OCH3 is 1. The number of nitrogens with zero attached hydrogens (tertiary/aromatic N) is 2. The number of amides is 4. The van der Waals surface area contributed by atoms with Crippen LogP contribution in [0.5, 0.6) is 11.5 Å². The zero-order chi connectivity index (χ0) is 27.8. The minimum atomic E-state index is -1.11. The first kappa shape index (κ1) is 25.8. The number of ether oxygens (including phenoxy) is 3. The second-order valence-corrected chi connectivity index (χ2v) is 10.6. The molecule has 1 fully saturated rings. The molecular formula is C28H26N4O7S. The summed E-state index contributed by atoms with van der Waals surface area (Å²) >= 11 is 1.05. The highest BCUT2D eigenvalue weighted by Crippen LogP contribution is 2.39. The minimum Gasteiger partial charge on any atom is -0.486 e. The largest absolute Gasteiger partial charge is 0.486 e. The molecule has 206 valence electrons. The number of benzene rings is 2. The van der Waals surface area contributed by atoms with Crippen LogP contribution in [0, 0.1) is 0 Å². The van der Waals surface area contributed by atoms with Gasteiger partial charge in [-0.15, -0.1) is 11.3 Å². The lowest BCUT2D eigenvalue weighted by Gasteiger charge is -2.27. The quantitative estimate of drug-likeness (QED) is 0.330. The Hall–Kier alpha value is -4.45. The third-order valence-corrected chi connectivity index (χ3v) is 8.14. The molecule has 3 atom stereocenters. The smallest absolute Gasteiger partial charge is 0.357 e. The summed E-state index contributed by atoms with van der Waals surface area (Å²) in [5, 5.41) is 7.07. The highest BCUT2D eigenvalue weighted by molar-refractivity contribution is 7.14. The highest BCUT2D eigenvalue weighted by Gasteiger charge is 2.46. The molecule has 1 aliphatic carbocycles. The van der Waals surface area contributed by atoms with E-state index in [1.54, 1.807) is 18.2 Å². The third kappa shape index (κ3) is 4.75. The van der Waals surface area contributed by atoms with Crippen molar-refractivity contribution < 1.29 is 33.4 Å². The molecule has 12 heteroatoms. The van der Waals surface area contributed by atoms with Gasteiger partial charge in [-0.05, 0) is 54.0 Å². The Bertz CT molecular complexity index is 1510. The van der Waals surface area contributed by atoms with Crippen molar-refractivity contribution in [2.24, 2.45) is 0 Å². The van der Waals surface area contributed by atoms with Crippen LogP contribution in [0.15, 0.2) is 47.8 Å². The minimum absolute atomic E-state index is 0.0252. The van der Waals surface area contributed by atoms with Crippen LogP contribution >= 0.6 is 11.3 Å². The summed E-state index contributed by atoms with van der Waals surface area (Å²) in [4.78, 5) is 57.7. The fourth-order valence-electron chi connectivity index (χ4n) is 5.46. The predicted molar refractivity (Wildman–Crippen MR) is 144 cm³/mol. The van der Waals surface area contributed by atoms with E-state index in [2.05, 4.69) is 21.7 Å². The van der Waals surface area contributed by atoms with Crippen LogP contribution < -0.4 is 20.1 Å². The van der Waals surface area contributed by atoms with Gasteiger partial charge in [0, 0.05) is 5.38 Å². The molecule has 3 aromatic rings. The van der Waals surface area contributed by atoms with E-state index in [0.717, 1.165) is 34.6 Å². The van der Waals surface area contributed by atoms with Crippen LogP contribution in [-0.2, 0) is 20.7 Å². The van der Waals surface area contributed by atoms with E-state index < -0.39 is 35.9 Å². The third-order valence-electron chi connectivity index (χ3n) is 7.38. The Morgan fingerprint density at radius 1 is 1.18 bits per heavy atom. The zero-order valence-electron chi connectivity index (χ0n) is 21.5. The first-order valence-corrected chi connectivity index (χ1v) is 13.8. The summed E-state index contributed by atoms with van der Waals surface area (Å²) in [6.07, 6.45) is 1.89. The molecule has 0 spiro atoms. The van der Waals surface area contributed by atoms with Crippen molar-refractivity contribution in [2.75, 3.05) is 25.6 Å². The van der Waals surface area contributed by atoms with E-state index >= 15 is 0 Å². The number of fused-ring (bicyclic) bond motifs is 2. The molecule has 6 rings (SSSR count). The van der Waals surface area contributed by atoms with Crippen LogP contribution in [0.2, 0.25) is 0 Å². The monoisotopic (exact) mass is 562 g/mol. The van der Waals surface area contributed by atoms with Crippen molar-refractivity contribution in [3.63, 3.8) is 0 Å². The summed E-state index contributed by atoms with van der Waals surface area (Å²) in [5.41, 5.74) is 2.88. The van der Waals surface area contributed by atoms with E-state index in [0.29, 0.717) is 30.3 Å². The van der Waals surface area contributed by atoms with Gasteiger partial charge in [0.15, 0.2) is 22.3 Å². The molecule has 2 aliphatic heterocycles. The number of aryl methyl sites for hydroxylation is 1. The molecular weight excluding hydrogens is 536 g/mol. The summed E-state index contributed by atoms with van der Waals surface area (Å²) in [5.74, 6) is -0.708. The zero-order valence-corrected chi connectivity index (χ0v) is 22.4. The average molecular weight is 563 g/mol. The maximum atomic E-state index is 13.8. The first-order valence-electron chi connectivity index (χ1n) is 12.9. The highest BCUT2D eigenvalue weighted by atomic mass is 32.1. The van der Waals surface area contributed by atoms with E-state index in [1.807, 2.05) is 18.2 Å². The number of hydrogen-bond acceptors (Lipinski definition) is 9. The lowest BCUT2D eigenvalue weighted by atomic mass is 9.92. The Morgan fingerprint density at radius 3 is 2.80 bits per heavy atom. The van der Waals surface area contributed by atoms with Gasteiger partial charge >= 0.3 is 12.0 Å². The second kappa shape index (κ2) is 10.6. The van der Waals surface area contributed by atoms with Gasteiger partial charge in [0.1, 0.15) is 25.3 Å². The van der Waals surface area contributed by atoms with Crippen LogP contribution in [0.1, 0.15) is 52.0 Å². The molecule has 40 heavy (non-hydrogen) atoms. The number of urea groups is 1. The van der Waals surface area contributed by atoms with Gasteiger partial charge in [0.2, 0.25) is 5.91 Å². The lowest BCUT2D eigenvalue weighted by Crippen LogP contribution is -2.48. The molecule has 3 aliphatic rings. The molecule has 1 saturated heterocycles.